The fourth-order valence-corrected chi connectivity index (χ4v) is 1.95. The fraction of sp³-hybridized carbons (Fsp3) is 0.625. The summed E-state index contributed by atoms with van der Waals surface area (Å²) in [5, 5.41) is 5.33. The van der Waals surface area contributed by atoms with Crippen molar-refractivity contribution in [3.63, 3.8) is 0 Å². The Morgan fingerprint density at radius 2 is 2.33 bits per heavy atom. The van der Waals surface area contributed by atoms with E-state index < -0.39 is 0 Å². The molecule has 68 valence electrons. The molecule has 2 nitrogen and oxygen atoms in total. The van der Waals surface area contributed by atoms with Gasteiger partial charge in [-0.1, -0.05) is 0 Å². The number of halogens is 1. The van der Waals surface area contributed by atoms with E-state index in [-0.39, 0.29) is 5.54 Å². The first-order valence-corrected chi connectivity index (χ1v) is 5.49. The number of nitrogens with one attached hydrogen (secondary N) is 1. The van der Waals surface area contributed by atoms with Gasteiger partial charge in [0.05, 0.1) is 5.69 Å². The van der Waals surface area contributed by atoms with E-state index in [1.807, 2.05) is 7.05 Å². The lowest BCUT2D eigenvalue weighted by atomic mass is 10.00. The number of aromatic nitrogens is 1. The first-order valence-electron chi connectivity index (χ1n) is 3.82. The van der Waals surface area contributed by atoms with Crippen molar-refractivity contribution in [3.05, 3.63) is 15.0 Å². The lowest BCUT2D eigenvalue weighted by molar-refractivity contribution is 0.418. The van der Waals surface area contributed by atoms with Crippen LogP contribution in [0, 0.1) is 0 Å². The Morgan fingerprint density at radius 3 is 2.75 bits per heavy atom. The van der Waals surface area contributed by atoms with Crippen molar-refractivity contribution < 1.29 is 0 Å². The summed E-state index contributed by atoms with van der Waals surface area (Å²) < 4.78 is 0.962. The van der Waals surface area contributed by atoms with Gasteiger partial charge in [0.25, 0.3) is 0 Å². The van der Waals surface area contributed by atoms with Crippen LogP contribution in [0.15, 0.2) is 9.30 Å². The van der Waals surface area contributed by atoms with Crippen LogP contribution in [-0.2, 0) is 6.42 Å². The van der Waals surface area contributed by atoms with Gasteiger partial charge in [-0.2, -0.15) is 0 Å². The second kappa shape index (κ2) is 3.85. The molecule has 0 saturated heterocycles. The van der Waals surface area contributed by atoms with E-state index in [1.165, 1.54) is 0 Å². The maximum Gasteiger partial charge on any atom is 0.159 e. The zero-order valence-corrected chi connectivity index (χ0v) is 9.92. The molecule has 0 atom stereocenters. The van der Waals surface area contributed by atoms with Gasteiger partial charge in [0, 0.05) is 17.3 Å². The molecule has 0 aromatic carbocycles. The molecule has 4 heteroatoms. The molecular weight excluding hydrogens is 236 g/mol. The minimum atomic E-state index is 0.132. The lowest BCUT2D eigenvalue weighted by Gasteiger charge is -2.22. The average molecular weight is 249 g/mol. The van der Waals surface area contributed by atoms with Crippen LogP contribution in [0.1, 0.15) is 19.5 Å². The van der Waals surface area contributed by atoms with Crippen molar-refractivity contribution in [3.8, 4) is 0 Å². The highest BCUT2D eigenvalue weighted by Crippen LogP contribution is 2.19. The third-order valence-electron chi connectivity index (χ3n) is 1.82. The molecule has 0 amide bonds. The molecule has 0 aliphatic rings. The molecular formula is C8H13BrN2S. The molecule has 0 spiro atoms. The summed E-state index contributed by atoms with van der Waals surface area (Å²) in [7, 11) is 1.97. The van der Waals surface area contributed by atoms with Crippen molar-refractivity contribution in [2.75, 3.05) is 7.05 Å². The summed E-state index contributed by atoms with van der Waals surface area (Å²) in [4.78, 5) is 4.34. The van der Waals surface area contributed by atoms with Gasteiger partial charge in [0.1, 0.15) is 0 Å². The summed E-state index contributed by atoms with van der Waals surface area (Å²) in [5.41, 5.74) is 1.28. The maximum absolute atomic E-state index is 4.34. The standard InChI is InChI=1S/C8H13BrN2S/c1-8(2,10-3)4-6-5-12-7(9)11-6/h5,10H,4H2,1-3H3. The van der Waals surface area contributed by atoms with Gasteiger partial charge in [-0.25, -0.2) is 4.98 Å². The summed E-state index contributed by atoms with van der Waals surface area (Å²) in [6.45, 7) is 4.33. The topological polar surface area (TPSA) is 24.9 Å². The number of nitrogens with zero attached hydrogens (tertiary/aromatic N) is 1. The molecule has 0 bridgehead atoms. The van der Waals surface area contributed by atoms with Gasteiger partial charge >= 0.3 is 0 Å². The molecule has 0 unspecified atom stereocenters. The highest BCUT2D eigenvalue weighted by atomic mass is 79.9. The van der Waals surface area contributed by atoms with Gasteiger partial charge in [-0.05, 0) is 36.8 Å². The summed E-state index contributed by atoms with van der Waals surface area (Å²) in [5.74, 6) is 0. The number of thiazole rings is 1. The Morgan fingerprint density at radius 1 is 1.67 bits per heavy atom. The van der Waals surface area contributed by atoms with Crippen molar-refractivity contribution in [2.24, 2.45) is 0 Å². The van der Waals surface area contributed by atoms with E-state index in [0.29, 0.717) is 0 Å². The van der Waals surface area contributed by atoms with Crippen LogP contribution in [0.25, 0.3) is 0 Å². The monoisotopic (exact) mass is 248 g/mol. The first-order chi connectivity index (χ1) is 5.53. The molecule has 1 rings (SSSR count). The number of likely N-dealkylation sites (N-methyl/N-ethyl adjacent to an activating group) is 1. The molecule has 0 aliphatic heterocycles. The van der Waals surface area contributed by atoms with E-state index in [2.05, 4.69) is 45.5 Å². The van der Waals surface area contributed by atoms with Gasteiger partial charge in [-0.15, -0.1) is 11.3 Å². The molecule has 1 heterocycles. The predicted molar refractivity (Wildman–Crippen MR) is 56.7 cm³/mol. The first kappa shape index (κ1) is 10.2. The zero-order chi connectivity index (χ0) is 9.19. The van der Waals surface area contributed by atoms with E-state index in [1.54, 1.807) is 11.3 Å². The Bertz CT molecular complexity index is 257. The fourth-order valence-electron chi connectivity index (χ4n) is 0.905. The number of rotatable bonds is 3. The lowest BCUT2D eigenvalue weighted by Crippen LogP contribution is -2.38. The van der Waals surface area contributed by atoms with Crippen molar-refractivity contribution >= 4 is 27.3 Å². The van der Waals surface area contributed by atoms with Crippen LogP contribution >= 0.6 is 27.3 Å². The van der Waals surface area contributed by atoms with Crippen LogP contribution in [0.4, 0.5) is 0 Å². The highest BCUT2D eigenvalue weighted by molar-refractivity contribution is 9.11. The van der Waals surface area contributed by atoms with Gasteiger partial charge in [-0.3, -0.25) is 0 Å². The van der Waals surface area contributed by atoms with Crippen LogP contribution in [0.2, 0.25) is 0 Å². The Balaban J connectivity index is 2.63. The Labute approximate surface area is 85.5 Å². The largest absolute Gasteiger partial charge is 0.314 e. The second-order valence-corrected chi connectivity index (χ2v) is 5.54. The molecule has 1 N–H and O–H groups in total. The third-order valence-corrected chi connectivity index (χ3v) is 3.24. The minimum Gasteiger partial charge on any atom is -0.314 e. The van der Waals surface area contributed by atoms with Crippen LogP contribution < -0.4 is 5.32 Å². The van der Waals surface area contributed by atoms with Crippen molar-refractivity contribution in [2.45, 2.75) is 25.8 Å². The summed E-state index contributed by atoms with van der Waals surface area (Å²) in [6, 6.07) is 0. The van der Waals surface area contributed by atoms with Gasteiger partial charge in [0.2, 0.25) is 0 Å². The SMILES string of the molecule is CNC(C)(C)Cc1csc(Br)n1. The molecule has 1 aromatic heterocycles. The van der Waals surface area contributed by atoms with E-state index in [9.17, 15) is 0 Å². The summed E-state index contributed by atoms with van der Waals surface area (Å²) in [6.07, 6.45) is 0.964. The molecule has 12 heavy (non-hydrogen) atoms. The molecule has 0 aliphatic carbocycles. The number of hydrogen-bond acceptors (Lipinski definition) is 3. The molecule has 0 radical (unpaired) electrons. The van der Waals surface area contributed by atoms with Crippen LogP contribution in [-0.4, -0.2) is 17.6 Å². The smallest absolute Gasteiger partial charge is 0.159 e. The van der Waals surface area contributed by atoms with Gasteiger partial charge < -0.3 is 5.32 Å². The van der Waals surface area contributed by atoms with Crippen molar-refractivity contribution in [1.29, 1.82) is 0 Å². The molecule has 0 saturated carbocycles. The van der Waals surface area contributed by atoms with Crippen LogP contribution in [0.5, 0.6) is 0 Å². The maximum atomic E-state index is 4.34. The highest BCUT2D eigenvalue weighted by Gasteiger charge is 2.16. The molecule has 0 fully saturated rings. The average Bonchev–Trinajstić information content (AvgIpc) is 2.35. The van der Waals surface area contributed by atoms with E-state index in [0.717, 1.165) is 16.0 Å². The predicted octanol–water partition coefficient (Wildman–Crippen LogP) is 2.45. The van der Waals surface area contributed by atoms with E-state index in [4.69, 9.17) is 0 Å². The molecule has 1 aromatic rings. The second-order valence-electron chi connectivity index (χ2n) is 3.40. The van der Waals surface area contributed by atoms with Crippen molar-refractivity contribution in [1.82, 2.24) is 10.3 Å². The zero-order valence-electron chi connectivity index (χ0n) is 7.52. The quantitative estimate of drug-likeness (QED) is 0.890. The third kappa shape index (κ3) is 2.84. The van der Waals surface area contributed by atoms with E-state index >= 15 is 0 Å². The van der Waals surface area contributed by atoms with Gasteiger partial charge in [0.15, 0.2) is 3.92 Å². The summed E-state index contributed by atoms with van der Waals surface area (Å²) >= 11 is 4.98. The van der Waals surface area contributed by atoms with Crippen LogP contribution in [0.3, 0.4) is 0 Å². The normalized spacial score (nSPS) is 12.0. The number of hydrogen-bond donors (Lipinski definition) is 1. The Kier molecular flexibility index (Phi) is 3.26. The Hall–Kier alpha value is 0.0700. The minimum absolute atomic E-state index is 0.132.